The van der Waals surface area contributed by atoms with Crippen LogP contribution in [-0.2, 0) is 0 Å². The third-order valence-corrected chi connectivity index (χ3v) is 3.32. The van der Waals surface area contributed by atoms with Crippen molar-refractivity contribution in [3.8, 4) is 0 Å². The van der Waals surface area contributed by atoms with Gasteiger partial charge in [-0.2, -0.15) is 0 Å². The molecule has 0 radical (unpaired) electrons. The minimum atomic E-state index is 0.0318. The average molecular weight is 232 g/mol. The Morgan fingerprint density at radius 1 is 1.31 bits per heavy atom. The van der Waals surface area contributed by atoms with E-state index in [1.807, 2.05) is 24.3 Å². The van der Waals surface area contributed by atoms with Crippen LogP contribution in [0.2, 0.25) is 0 Å². The SMILES string of the molecule is CN(C)C(=O)Sc1cccc2cnccc12. The summed E-state index contributed by atoms with van der Waals surface area (Å²) in [5.41, 5.74) is 0. The molecule has 0 fully saturated rings. The van der Waals surface area contributed by atoms with Crippen LogP contribution in [0, 0.1) is 0 Å². The lowest BCUT2D eigenvalue weighted by molar-refractivity contribution is 0.241. The third kappa shape index (κ3) is 2.17. The van der Waals surface area contributed by atoms with Gasteiger partial charge in [0.05, 0.1) is 0 Å². The summed E-state index contributed by atoms with van der Waals surface area (Å²) < 4.78 is 0. The van der Waals surface area contributed by atoms with E-state index in [4.69, 9.17) is 0 Å². The van der Waals surface area contributed by atoms with Crippen LogP contribution in [0.4, 0.5) is 4.79 Å². The van der Waals surface area contributed by atoms with Gasteiger partial charge in [0.2, 0.25) is 0 Å². The maximum absolute atomic E-state index is 11.6. The van der Waals surface area contributed by atoms with Crippen molar-refractivity contribution < 1.29 is 4.79 Å². The maximum atomic E-state index is 11.6. The zero-order valence-electron chi connectivity index (χ0n) is 9.18. The molecule has 82 valence electrons. The van der Waals surface area contributed by atoms with Crippen molar-refractivity contribution in [3.63, 3.8) is 0 Å². The van der Waals surface area contributed by atoms with E-state index in [0.717, 1.165) is 15.7 Å². The second-order valence-electron chi connectivity index (χ2n) is 3.62. The fourth-order valence-electron chi connectivity index (χ4n) is 1.37. The Balaban J connectivity index is 2.41. The van der Waals surface area contributed by atoms with E-state index in [9.17, 15) is 4.79 Å². The summed E-state index contributed by atoms with van der Waals surface area (Å²) in [5, 5.41) is 2.15. The largest absolute Gasteiger partial charge is 0.339 e. The van der Waals surface area contributed by atoms with Crippen LogP contribution in [0.3, 0.4) is 0 Å². The number of rotatable bonds is 1. The lowest BCUT2D eigenvalue weighted by atomic mass is 10.2. The molecule has 3 nitrogen and oxygen atoms in total. The predicted molar refractivity (Wildman–Crippen MR) is 66.7 cm³/mol. The molecule has 0 aliphatic rings. The molecule has 0 saturated heterocycles. The Morgan fingerprint density at radius 3 is 2.88 bits per heavy atom. The van der Waals surface area contributed by atoms with Crippen LogP contribution in [0.1, 0.15) is 0 Å². The molecule has 4 heteroatoms. The fourth-order valence-corrected chi connectivity index (χ4v) is 2.18. The number of nitrogens with zero attached hydrogens (tertiary/aromatic N) is 2. The Bertz CT molecular complexity index is 520. The summed E-state index contributed by atoms with van der Waals surface area (Å²) in [6.07, 6.45) is 3.55. The number of carbonyl (C=O) groups is 1. The van der Waals surface area contributed by atoms with E-state index in [-0.39, 0.29) is 5.24 Å². The number of aromatic nitrogens is 1. The van der Waals surface area contributed by atoms with E-state index in [1.54, 1.807) is 31.4 Å². The minimum Gasteiger partial charge on any atom is -0.339 e. The first-order valence-corrected chi connectivity index (χ1v) is 5.72. The molecular weight excluding hydrogens is 220 g/mol. The highest BCUT2D eigenvalue weighted by Crippen LogP contribution is 2.28. The first kappa shape index (κ1) is 11.0. The summed E-state index contributed by atoms with van der Waals surface area (Å²) >= 11 is 1.24. The lowest BCUT2D eigenvalue weighted by Gasteiger charge is -2.10. The number of pyridine rings is 1. The van der Waals surface area contributed by atoms with Gasteiger partial charge in [-0.1, -0.05) is 12.1 Å². The molecule has 2 aromatic rings. The molecule has 1 aromatic heterocycles. The highest BCUT2D eigenvalue weighted by molar-refractivity contribution is 8.13. The molecule has 1 heterocycles. The summed E-state index contributed by atoms with van der Waals surface area (Å²) in [4.78, 5) is 18.2. The summed E-state index contributed by atoms with van der Waals surface area (Å²) in [5.74, 6) is 0. The van der Waals surface area contributed by atoms with E-state index in [1.165, 1.54) is 11.8 Å². The van der Waals surface area contributed by atoms with Gasteiger partial charge in [0.25, 0.3) is 5.24 Å². The molecule has 1 amide bonds. The smallest absolute Gasteiger partial charge is 0.285 e. The number of hydrogen-bond donors (Lipinski definition) is 0. The van der Waals surface area contributed by atoms with Gasteiger partial charge in [-0.05, 0) is 29.3 Å². The van der Waals surface area contributed by atoms with Crippen LogP contribution in [0.25, 0.3) is 10.8 Å². The van der Waals surface area contributed by atoms with Gasteiger partial charge in [-0.15, -0.1) is 0 Å². The zero-order valence-corrected chi connectivity index (χ0v) is 9.99. The summed E-state index contributed by atoms with van der Waals surface area (Å²) in [7, 11) is 3.50. The molecule has 0 unspecified atom stereocenters. The van der Waals surface area contributed by atoms with Gasteiger partial charge >= 0.3 is 0 Å². The van der Waals surface area contributed by atoms with Crippen LogP contribution in [0.5, 0.6) is 0 Å². The Kier molecular flexibility index (Phi) is 3.10. The second-order valence-corrected chi connectivity index (χ2v) is 4.61. The predicted octanol–water partition coefficient (Wildman–Crippen LogP) is 3.01. The van der Waals surface area contributed by atoms with E-state index in [0.29, 0.717) is 0 Å². The van der Waals surface area contributed by atoms with Gasteiger partial charge in [0.15, 0.2) is 0 Å². The van der Waals surface area contributed by atoms with E-state index in [2.05, 4.69) is 4.98 Å². The number of hydrogen-bond acceptors (Lipinski definition) is 3. The number of benzene rings is 1. The van der Waals surface area contributed by atoms with Crippen molar-refractivity contribution in [2.24, 2.45) is 0 Å². The maximum Gasteiger partial charge on any atom is 0.285 e. The van der Waals surface area contributed by atoms with E-state index < -0.39 is 0 Å². The van der Waals surface area contributed by atoms with Crippen LogP contribution in [0.15, 0.2) is 41.6 Å². The molecule has 2 rings (SSSR count). The van der Waals surface area contributed by atoms with Crippen molar-refractivity contribution in [2.75, 3.05) is 14.1 Å². The summed E-state index contributed by atoms with van der Waals surface area (Å²) in [6, 6.07) is 7.82. The van der Waals surface area contributed by atoms with Gasteiger partial charge in [0, 0.05) is 36.8 Å². The molecule has 1 aromatic carbocycles. The second kappa shape index (κ2) is 4.53. The summed E-state index contributed by atoms with van der Waals surface area (Å²) in [6.45, 7) is 0. The van der Waals surface area contributed by atoms with Crippen molar-refractivity contribution >= 4 is 27.8 Å². The van der Waals surface area contributed by atoms with E-state index >= 15 is 0 Å². The number of carbonyl (C=O) groups excluding carboxylic acids is 1. The zero-order chi connectivity index (χ0) is 11.5. The fraction of sp³-hybridized carbons (Fsp3) is 0.167. The van der Waals surface area contributed by atoms with Crippen molar-refractivity contribution in [1.29, 1.82) is 0 Å². The highest BCUT2D eigenvalue weighted by Gasteiger charge is 2.09. The van der Waals surface area contributed by atoms with Gasteiger partial charge in [-0.25, -0.2) is 0 Å². The van der Waals surface area contributed by atoms with Crippen LogP contribution >= 0.6 is 11.8 Å². The standard InChI is InChI=1S/C12H12N2OS/c1-14(2)12(15)16-11-5-3-4-9-8-13-7-6-10(9)11/h3-8H,1-2H3. The first-order chi connectivity index (χ1) is 7.68. The van der Waals surface area contributed by atoms with Crippen LogP contribution < -0.4 is 0 Å². The van der Waals surface area contributed by atoms with Gasteiger partial charge in [0.1, 0.15) is 0 Å². The van der Waals surface area contributed by atoms with Gasteiger partial charge in [-0.3, -0.25) is 9.78 Å². The first-order valence-electron chi connectivity index (χ1n) is 4.90. The number of fused-ring (bicyclic) bond motifs is 1. The quantitative estimate of drug-likeness (QED) is 0.709. The minimum absolute atomic E-state index is 0.0318. The normalized spacial score (nSPS) is 10.4. The average Bonchev–Trinajstić information content (AvgIpc) is 2.29. The Morgan fingerprint density at radius 2 is 2.12 bits per heavy atom. The topological polar surface area (TPSA) is 33.2 Å². The molecule has 16 heavy (non-hydrogen) atoms. The van der Waals surface area contributed by atoms with Crippen molar-refractivity contribution in [3.05, 3.63) is 36.7 Å². The highest BCUT2D eigenvalue weighted by atomic mass is 32.2. The molecule has 0 atom stereocenters. The van der Waals surface area contributed by atoms with Gasteiger partial charge < -0.3 is 4.90 Å². The van der Waals surface area contributed by atoms with Crippen molar-refractivity contribution in [1.82, 2.24) is 9.88 Å². The van der Waals surface area contributed by atoms with Crippen LogP contribution in [-0.4, -0.2) is 29.2 Å². The lowest BCUT2D eigenvalue weighted by Crippen LogP contribution is -2.16. The molecule has 0 aliphatic carbocycles. The number of thioether (sulfide) groups is 1. The molecule has 0 spiro atoms. The Labute approximate surface area is 98.5 Å². The number of amides is 1. The molecule has 0 bridgehead atoms. The van der Waals surface area contributed by atoms with Crippen molar-refractivity contribution in [2.45, 2.75) is 4.90 Å². The molecule has 0 N–H and O–H groups in total. The molecular formula is C12H12N2OS. The monoisotopic (exact) mass is 232 g/mol. The molecule has 0 aliphatic heterocycles. The molecule has 0 saturated carbocycles. The Hall–Kier alpha value is -1.55. The third-order valence-electron chi connectivity index (χ3n) is 2.20.